The molecule has 0 radical (unpaired) electrons. The lowest BCUT2D eigenvalue weighted by Gasteiger charge is -2.43. The number of aliphatic hydroxyl groups is 2. The molecule has 0 aromatic rings. The molecule has 0 aromatic carbocycles. The van der Waals surface area contributed by atoms with Crippen LogP contribution < -0.4 is 0 Å². The predicted molar refractivity (Wildman–Crippen MR) is 121 cm³/mol. The Morgan fingerprint density at radius 3 is 2.42 bits per heavy atom. The standard InChI is InChI=1S/C25H38O8/c1-5-25(3,4)24(32)33-20-11-16(23(30)31)10-15-7-6-14(2)19(22(15)20)9-8-17(26)12-18(27)13-21(28)29/h6-7,10,14,16-20,22,26-27H,5,8-9,11-13H2,1-4H3,(H,28,29)(H,30,31)/t14-,16-,17+,18+,19-,20-,22-/m0/s1. The number of aliphatic carboxylic acids is 2. The SMILES string of the molecule is CCC(C)(C)C(=O)O[C@H]1C[C@@H](C(=O)O)C=C2C=C[C@H](C)[C@H](CC[C@@H](O)C[C@@H](O)CC(=O)O)[C@H]21. The lowest BCUT2D eigenvalue weighted by atomic mass is 9.65. The lowest BCUT2D eigenvalue weighted by Crippen LogP contribution is -2.44. The quantitative estimate of drug-likeness (QED) is 0.340. The molecule has 186 valence electrons. The normalized spacial score (nSPS) is 28.9. The van der Waals surface area contributed by atoms with Crippen LogP contribution in [0.1, 0.15) is 66.2 Å². The van der Waals surface area contributed by atoms with E-state index in [9.17, 15) is 29.7 Å². The number of hydrogen-bond acceptors (Lipinski definition) is 6. The minimum atomic E-state index is -1.12. The average molecular weight is 467 g/mol. The molecule has 0 bridgehead atoms. The summed E-state index contributed by atoms with van der Waals surface area (Å²) in [7, 11) is 0. The smallest absolute Gasteiger partial charge is 0.311 e. The van der Waals surface area contributed by atoms with Gasteiger partial charge in [0, 0.05) is 12.3 Å². The van der Waals surface area contributed by atoms with Crippen LogP contribution in [0.15, 0.2) is 23.8 Å². The van der Waals surface area contributed by atoms with Crippen LogP contribution in [0.25, 0.3) is 0 Å². The summed E-state index contributed by atoms with van der Waals surface area (Å²) in [6.07, 6.45) is 4.37. The molecule has 0 aromatic heterocycles. The Labute approximate surface area is 195 Å². The number of carboxylic acids is 2. The number of carboxylic acid groups (broad SMARTS) is 2. The first-order valence-electron chi connectivity index (χ1n) is 11.8. The highest BCUT2D eigenvalue weighted by Crippen LogP contribution is 2.45. The molecule has 0 amide bonds. The highest BCUT2D eigenvalue weighted by atomic mass is 16.5. The molecule has 0 aliphatic heterocycles. The maximum Gasteiger partial charge on any atom is 0.311 e. The van der Waals surface area contributed by atoms with E-state index in [-0.39, 0.29) is 36.6 Å². The highest BCUT2D eigenvalue weighted by molar-refractivity contribution is 5.76. The fourth-order valence-electron chi connectivity index (χ4n) is 4.72. The lowest BCUT2D eigenvalue weighted by molar-refractivity contribution is -0.166. The fourth-order valence-corrected chi connectivity index (χ4v) is 4.72. The minimum absolute atomic E-state index is 0.00444. The summed E-state index contributed by atoms with van der Waals surface area (Å²) in [6.45, 7) is 7.57. The van der Waals surface area contributed by atoms with Crippen LogP contribution in [0, 0.1) is 29.1 Å². The first kappa shape index (κ1) is 27.1. The van der Waals surface area contributed by atoms with Crippen molar-refractivity contribution in [2.24, 2.45) is 29.1 Å². The molecule has 8 heteroatoms. The largest absolute Gasteiger partial charge is 0.481 e. The number of carbonyl (C=O) groups is 3. The molecule has 0 saturated heterocycles. The number of rotatable bonds is 11. The van der Waals surface area contributed by atoms with E-state index in [1.165, 1.54) is 0 Å². The van der Waals surface area contributed by atoms with Crippen LogP contribution in [-0.2, 0) is 19.1 Å². The number of aliphatic hydroxyl groups excluding tert-OH is 2. The summed E-state index contributed by atoms with van der Waals surface area (Å²) < 4.78 is 5.95. The van der Waals surface area contributed by atoms with E-state index < -0.39 is 48.0 Å². The maximum atomic E-state index is 12.9. The van der Waals surface area contributed by atoms with Gasteiger partial charge in [0.15, 0.2) is 0 Å². The van der Waals surface area contributed by atoms with Crippen LogP contribution in [0.2, 0.25) is 0 Å². The van der Waals surface area contributed by atoms with Crippen molar-refractivity contribution in [3.8, 4) is 0 Å². The third-order valence-electron chi connectivity index (χ3n) is 7.19. The van der Waals surface area contributed by atoms with Gasteiger partial charge < -0.3 is 25.2 Å². The van der Waals surface area contributed by atoms with Gasteiger partial charge in [-0.05, 0) is 56.9 Å². The Bertz CT molecular complexity index is 783. The summed E-state index contributed by atoms with van der Waals surface area (Å²) in [6, 6.07) is 0. The molecule has 2 aliphatic rings. The van der Waals surface area contributed by atoms with Crippen LogP contribution in [0.5, 0.6) is 0 Å². The molecule has 0 spiro atoms. The molecule has 8 nitrogen and oxygen atoms in total. The van der Waals surface area contributed by atoms with Gasteiger partial charge in [0.25, 0.3) is 0 Å². The Morgan fingerprint density at radius 2 is 1.85 bits per heavy atom. The third-order valence-corrected chi connectivity index (χ3v) is 7.19. The van der Waals surface area contributed by atoms with Gasteiger partial charge in [-0.25, -0.2) is 0 Å². The van der Waals surface area contributed by atoms with Gasteiger partial charge in [0.1, 0.15) is 6.10 Å². The molecular formula is C25H38O8. The van der Waals surface area contributed by atoms with Crippen molar-refractivity contribution in [2.75, 3.05) is 0 Å². The van der Waals surface area contributed by atoms with E-state index >= 15 is 0 Å². The Morgan fingerprint density at radius 1 is 1.18 bits per heavy atom. The van der Waals surface area contributed by atoms with Gasteiger partial charge >= 0.3 is 17.9 Å². The monoisotopic (exact) mass is 466 g/mol. The highest BCUT2D eigenvalue weighted by Gasteiger charge is 2.44. The van der Waals surface area contributed by atoms with E-state index in [1.54, 1.807) is 6.08 Å². The molecule has 4 N–H and O–H groups in total. The summed E-state index contributed by atoms with van der Waals surface area (Å²) in [5.41, 5.74) is 0.159. The third kappa shape index (κ3) is 7.14. The average Bonchev–Trinajstić information content (AvgIpc) is 2.72. The number of hydrogen-bond donors (Lipinski definition) is 4. The van der Waals surface area contributed by atoms with Crippen molar-refractivity contribution in [1.82, 2.24) is 0 Å². The molecule has 0 fully saturated rings. The Balaban J connectivity index is 2.21. The fraction of sp³-hybridized carbons (Fsp3) is 0.720. The van der Waals surface area contributed by atoms with E-state index in [0.717, 1.165) is 5.57 Å². The van der Waals surface area contributed by atoms with Crippen LogP contribution in [-0.4, -0.2) is 56.6 Å². The van der Waals surface area contributed by atoms with Crippen molar-refractivity contribution in [2.45, 2.75) is 84.5 Å². The number of esters is 1. The summed E-state index contributed by atoms with van der Waals surface area (Å²) >= 11 is 0. The van der Waals surface area contributed by atoms with Gasteiger partial charge in [-0.1, -0.05) is 32.1 Å². The Kier molecular flexibility index (Phi) is 9.26. The van der Waals surface area contributed by atoms with Gasteiger partial charge in [0.2, 0.25) is 0 Å². The first-order chi connectivity index (χ1) is 15.4. The molecule has 0 saturated carbocycles. The zero-order chi connectivity index (χ0) is 24.9. The zero-order valence-corrected chi connectivity index (χ0v) is 19.9. The predicted octanol–water partition coefficient (Wildman–Crippen LogP) is 3.17. The van der Waals surface area contributed by atoms with Crippen LogP contribution in [0.4, 0.5) is 0 Å². The molecule has 0 heterocycles. The second-order valence-electron chi connectivity index (χ2n) is 10.2. The second kappa shape index (κ2) is 11.3. The molecule has 0 unspecified atom stereocenters. The first-order valence-corrected chi connectivity index (χ1v) is 11.8. The van der Waals surface area contributed by atoms with Crippen molar-refractivity contribution in [1.29, 1.82) is 0 Å². The Hall–Kier alpha value is -2.19. The van der Waals surface area contributed by atoms with E-state index in [2.05, 4.69) is 0 Å². The summed E-state index contributed by atoms with van der Waals surface area (Å²) in [5, 5.41) is 38.6. The van der Waals surface area contributed by atoms with Gasteiger partial charge in [-0.2, -0.15) is 0 Å². The molecule has 2 rings (SSSR count). The second-order valence-corrected chi connectivity index (χ2v) is 10.2. The van der Waals surface area contributed by atoms with Crippen molar-refractivity contribution in [3.05, 3.63) is 23.8 Å². The van der Waals surface area contributed by atoms with Crippen LogP contribution in [0.3, 0.4) is 0 Å². The number of fused-ring (bicyclic) bond motifs is 1. The number of carbonyl (C=O) groups excluding carboxylic acids is 1. The maximum absolute atomic E-state index is 12.9. The summed E-state index contributed by atoms with van der Waals surface area (Å²) in [5.74, 6) is -3.23. The van der Waals surface area contributed by atoms with Crippen molar-refractivity contribution >= 4 is 17.9 Å². The molecular weight excluding hydrogens is 428 g/mol. The van der Waals surface area contributed by atoms with Crippen LogP contribution >= 0.6 is 0 Å². The van der Waals surface area contributed by atoms with Crippen molar-refractivity contribution in [3.63, 3.8) is 0 Å². The van der Waals surface area contributed by atoms with E-state index in [4.69, 9.17) is 9.84 Å². The van der Waals surface area contributed by atoms with E-state index in [0.29, 0.717) is 19.3 Å². The summed E-state index contributed by atoms with van der Waals surface area (Å²) in [4.78, 5) is 35.4. The zero-order valence-electron chi connectivity index (χ0n) is 19.9. The van der Waals surface area contributed by atoms with Gasteiger partial charge in [0.05, 0.1) is 30.0 Å². The van der Waals surface area contributed by atoms with Gasteiger partial charge in [-0.15, -0.1) is 0 Å². The number of ether oxygens (including phenoxy) is 1. The molecule has 2 aliphatic carbocycles. The topological polar surface area (TPSA) is 141 Å². The van der Waals surface area contributed by atoms with E-state index in [1.807, 2.05) is 39.8 Å². The minimum Gasteiger partial charge on any atom is -0.481 e. The number of allylic oxidation sites excluding steroid dienone is 2. The molecule has 7 atom stereocenters. The van der Waals surface area contributed by atoms with Gasteiger partial charge in [-0.3, -0.25) is 14.4 Å². The molecule has 33 heavy (non-hydrogen) atoms. The van der Waals surface area contributed by atoms with Crippen molar-refractivity contribution < 1.29 is 39.5 Å².